The van der Waals surface area contributed by atoms with E-state index in [4.69, 9.17) is 33.0 Å². The molecule has 5 heteroatoms. The molecule has 2 aromatic rings. The molecule has 0 aliphatic carbocycles. The van der Waals surface area contributed by atoms with Gasteiger partial charge in [0, 0.05) is 15.6 Å². The first-order valence-corrected chi connectivity index (χ1v) is 6.14. The highest BCUT2D eigenvalue weighted by atomic mass is 35.5. The van der Waals surface area contributed by atoms with E-state index in [0.29, 0.717) is 26.9 Å². The molecule has 0 bridgehead atoms. The monoisotopic (exact) mass is 296 g/mol. The maximum Gasteiger partial charge on any atom is 0.335 e. The van der Waals surface area contributed by atoms with Crippen LogP contribution in [0.3, 0.4) is 0 Å². The quantitative estimate of drug-likeness (QED) is 0.915. The summed E-state index contributed by atoms with van der Waals surface area (Å²) < 4.78 is 5.25. The second kappa shape index (κ2) is 5.51. The van der Waals surface area contributed by atoms with Gasteiger partial charge in [0.2, 0.25) is 0 Å². The first-order chi connectivity index (χ1) is 9.01. The number of methoxy groups -OCH3 is 1. The molecule has 0 unspecified atom stereocenters. The Bertz CT molecular complexity index is 639. The molecule has 0 aliphatic rings. The largest absolute Gasteiger partial charge is 0.496 e. The molecule has 2 rings (SSSR count). The molecule has 0 radical (unpaired) electrons. The van der Waals surface area contributed by atoms with Gasteiger partial charge in [0.05, 0.1) is 12.7 Å². The minimum Gasteiger partial charge on any atom is -0.496 e. The fraction of sp³-hybridized carbons (Fsp3) is 0.0714. The van der Waals surface area contributed by atoms with Crippen molar-refractivity contribution in [3.8, 4) is 16.9 Å². The smallest absolute Gasteiger partial charge is 0.335 e. The number of aromatic carboxylic acids is 1. The van der Waals surface area contributed by atoms with Crippen molar-refractivity contribution in [1.29, 1.82) is 0 Å². The minimum atomic E-state index is -1.04. The fourth-order valence-electron chi connectivity index (χ4n) is 1.77. The molecule has 98 valence electrons. The lowest BCUT2D eigenvalue weighted by atomic mass is 10.0. The van der Waals surface area contributed by atoms with Gasteiger partial charge in [-0.1, -0.05) is 23.2 Å². The van der Waals surface area contributed by atoms with Crippen LogP contribution in [0.25, 0.3) is 11.1 Å². The summed E-state index contributed by atoms with van der Waals surface area (Å²) in [7, 11) is 1.54. The third-order valence-corrected chi connectivity index (χ3v) is 3.07. The van der Waals surface area contributed by atoms with Crippen LogP contribution in [0.1, 0.15) is 10.4 Å². The van der Waals surface area contributed by atoms with Gasteiger partial charge in [0.25, 0.3) is 0 Å². The zero-order valence-electron chi connectivity index (χ0n) is 9.98. The van der Waals surface area contributed by atoms with Gasteiger partial charge in [-0.3, -0.25) is 0 Å². The van der Waals surface area contributed by atoms with Crippen molar-refractivity contribution in [1.82, 2.24) is 0 Å². The maximum atomic E-state index is 11.0. The Hall–Kier alpha value is -1.71. The molecule has 0 atom stereocenters. The van der Waals surface area contributed by atoms with E-state index in [1.807, 2.05) is 0 Å². The van der Waals surface area contributed by atoms with Crippen molar-refractivity contribution in [3.63, 3.8) is 0 Å². The topological polar surface area (TPSA) is 46.5 Å². The fourth-order valence-corrected chi connectivity index (χ4v) is 2.18. The third kappa shape index (κ3) is 3.00. The van der Waals surface area contributed by atoms with Crippen molar-refractivity contribution >= 4 is 29.2 Å². The summed E-state index contributed by atoms with van der Waals surface area (Å²) >= 11 is 11.9. The SMILES string of the molecule is COc1ccc(Cl)cc1-c1cc(Cl)cc(C(=O)O)c1. The van der Waals surface area contributed by atoms with Crippen molar-refractivity contribution in [3.05, 3.63) is 52.0 Å². The molecule has 0 saturated carbocycles. The Kier molecular flexibility index (Phi) is 3.98. The third-order valence-electron chi connectivity index (χ3n) is 2.62. The molecule has 0 heterocycles. The Morgan fingerprint density at radius 2 is 1.84 bits per heavy atom. The molecule has 19 heavy (non-hydrogen) atoms. The van der Waals surface area contributed by atoms with E-state index in [9.17, 15) is 4.79 Å². The van der Waals surface area contributed by atoms with Crippen molar-refractivity contribution in [2.24, 2.45) is 0 Å². The number of ether oxygens (including phenoxy) is 1. The van der Waals surface area contributed by atoms with Gasteiger partial charge in [0.15, 0.2) is 0 Å². The Labute approximate surface area is 120 Å². The number of carbonyl (C=O) groups is 1. The second-order valence-corrected chi connectivity index (χ2v) is 4.75. The van der Waals surface area contributed by atoms with Gasteiger partial charge in [-0.25, -0.2) is 4.79 Å². The van der Waals surface area contributed by atoms with Crippen LogP contribution >= 0.6 is 23.2 Å². The lowest BCUT2D eigenvalue weighted by Crippen LogP contribution is -1.97. The highest BCUT2D eigenvalue weighted by Crippen LogP contribution is 2.34. The number of carboxylic acids is 1. The predicted molar refractivity (Wildman–Crippen MR) is 75.4 cm³/mol. The van der Waals surface area contributed by atoms with Crippen LogP contribution in [0, 0.1) is 0 Å². The van der Waals surface area contributed by atoms with E-state index in [-0.39, 0.29) is 5.56 Å². The van der Waals surface area contributed by atoms with Gasteiger partial charge in [-0.05, 0) is 42.0 Å². The van der Waals surface area contributed by atoms with E-state index in [1.165, 1.54) is 19.2 Å². The lowest BCUT2D eigenvalue weighted by molar-refractivity contribution is 0.0697. The number of halogens is 2. The first-order valence-electron chi connectivity index (χ1n) is 5.39. The van der Waals surface area contributed by atoms with Crippen LogP contribution in [0.4, 0.5) is 0 Å². The minimum absolute atomic E-state index is 0.115. The summed E-state index contributed by atoms with van der Waals surface area (Å²) in [6.45, 7) is 0. The average molecular weight is 297 g/mol. The summed E-state index contributed by atoms with van der Waals surface area (Å²) in [4.78, 5) is 11.0. The Balaban J connectivity index is 2.64. The molecule has 0 amide bonds. The summed E-state index contributed by atoms with van der Waals surface area (Å²) in [6.07, 6.45) is 0. The zero-order chi connectivity index (χ0) is 14.0. The Morgan fingerprint density at radius 3 is 2.47 bits per heavy atom. The van der Waals surface area contributed by atoms with E-state index in [1.54, 1.807) is 24.3 Å². The molecule has 0 aliphatic heterocycles. The zero-order valence-corrected chi connectivity index (χ0v) is 11.5. The molecular weight excluding hydrogens is 287 g/mol. The maximum absolute atomic E-state index is 11.0. The second-order valence-electron chi connectivity index (χ2n) is 3.88. The molecule has 2 aromatic carbocycles. The molecule has 0 spiro atoms. The van der Waals surface area contributed by atoms with Gasteiger partial charge in [-0.2, -0.15) is 0 Å². The lowest BCUT2D eigenvalue weighted by Gasteiger charge is -2.10. The normalized spacial score (nSPS) is 10.3. The van der Waals surface area contributed by atoms with E-state index in [2.05, 4.69) is 0 Å². The molecule has 0 saturated heterocycles. The highest BCUT2D eigenvalue weighted by Gasteiger charge is 2.11. The van der Waals surface area contributed by atoms with Crippen molar-refractivity contribution in [2.75, 3.05) is 7.11 Å². The van der Waals surface area contributed by atoms with Crippen LogP contribution in [0.15, 0.2) is 36.4 Å². The first kappa shape index (κ1) is 13.7. The predicted octanol–water partition coefficient (Wildman–Crippen LogP) is 4.37. The van der Waals surface area contributed by atoms with Crippen LogP contribution in [0.5, 0.6) is 5.75 Å². The highest BCUT2D eigenvalue weighted by molar-refractivity contribution is 6.31. The van der Waals surface area contributed by atoms with Gasteiger partial charge in [0.1, 0.15) is 5.75 Å². The van der Waals surface area contributed by atoms with Crippen molar-refractivity contribution in [2.45, 2.75) is 0 Å². The standard InChI is InChI=1S/C14H10Cl2O3/c1-19-13-3-2-10(15)7-12(13)8-4-9(14(17)18)6-11(16)5-8/h2-7H,1H3,(H,17,18). The van der Waals surface area contributed by atoms with Crippen LogP contribution in [0.2, 0.25) is 10.0 Å². The number of benzene rings is 2. The number of rotatable bonds is 3. The van der Waals surface area contributed by atoms with Crippen molar-refractivity contribution < 1.29 is 14.6 Å². The van der Waals surface area contributed by atoms with Crippen LogP contribution in [-0.4, -0.2) is 18.2 Å². The Morgan fingerprint density at radius 1 is 1.11 bits per heavy atom. The molecule has 1 N–H and O–H groups in total. The van der Waals surface area contributed by atoms with E-state index < -0.39 is 5.97 Å². The average Bonchev–Trinajstić information content (AvgIpc) is 2.37. The van der Waals surface area contributed by atoms with Crippen LogP contribution in [-0.2, 0) is 0 Å². The van der Waals surface area contributed by atoms with E-state index in [0.717, 1.165) is 0 Å². The van der Waals surface area contributed by atoms with Gasteiger partial charge < -0.3 is 9.84 Å². The molecule has 3 nitrogen and oxygen atoms in total. The van der Waals surface area contributed by atoms with E-state index >= 15 is 0 Å². The summed E-state index contributed by atoms with van der Waals surface area (Å²) in [5, 5.41) is 9.92. The summed E-state index contributed by atoms with van der Waals surface area (Å²) in [5.41, 5.74) is 1.45. The number of hydrogen-bond donors (Lipinski definition) is 1. The summed E-state index contributed by atoms with van der Waals surface area (Å²) in [6, 6.07) is 9.72. The molecule has 0 aromatic heterocycles. The van der Waals surface area contributed by atoms with Gasteiger partial charge in [-0.15, -0.1) is 0 Å². The molecule has 0 fully saturated rings. The number of carboxylic acid groups (broad SMARTS) is 1. The summed E-state index contributed by atoms with van der Waals surface area (Å²) in [5.74, 6) is -0.437. The number of hydrogen-bond acceptors (Lipinski definition) is 2. The van der Waals surface area contributed by atoms with Crippen LogP contribution < -0.4 is 4.74 Å². The van der Waals surface area contributed by atoms with Gasteiger partial charge >= 0.3 is 5.97 Å². The molecular formula is C14H10Cl2O3.